The van der Waals surface area contributed by atoms with Crippen LogP contribution in [0.15, 0.2) is 0 Å². The van der Waals surface area contributed by atoms with Crippen LogP contribution in [0, 0.1) is 0 Å². The summed E-state index contributed by atoms with van der Waals surface area (Å²) in [7, 11) is 0. The lowest BCUT2D eigenvalue weighted by Crippen LogP contribution is -2.51. The lowest BCUT2D eigenvalue weighted by Gasteiger charge is -2.38. The number of rotatable bonds is 4. The van der Waals surface area contributed by atoms with Gasteiger partial charge in [-0.05, 0) is 13.8 Å². The van der Waals surface area contributed by atoms with Crippen LogP contribution in [0.5, 0.6) is 0 Å². The lowest BCUT2D eigenvalue weighted by atomic mass is 10.1. The molecular formula is C12H25Cl2N3O2S. The fourth-order valence-corrected chi connectivity index (χ4v) is 3.27. The van der Waals surface area contributed by atoms with Crippen LogP contribution in [0.2, 0.25) is 0 Å². The Balaban J connectivity index is 0.00000180. The van der Waals surface area contributed by atoms with Crippen molar-refractivity contribution in [1.82, 2.24) is 15.5 Å². The molecular weight excluding hydrogens is 321 g/mol. The molecule has 2 aliphatic rings. The average Bonchev–Trinajstić information content (AvgIpc) is 2.81. The van der Waals surface area contributed by atoms with Gasteiger partial charge in [-0.2, -0.15) is 0 Å². The maximum Gasteiger partial charge on any atom is 0.238 e. The van der Waals surface area contributed by atoms with Gasteiger partial charge in [0, 0.05) is 37.8 Å². The van der Waals surface area contributed by atoms with E-state index in [1.54, 1.807) is 11.8 Å². The third-order valence-electron chi connectivity index (χ3n) is 3.26. The summed E-state index contributed by atoms with van der Waals surface area (Å²) in [6, 6.07) is -0.00358. The van der Waals surface area contributed by atoms with E-state index in [-0.39, 0.29) is 42.4 Å². The van der Waals surface area contributed by atoms with Gasteiger partial charge in [0.1, 0.15) is 0 Å². The fourth-order valence-electron chi connectivity index (χ4n) is 2.33. The first-order valence-corrected chi connectivity index (χ1v) is 7.67. The Hall–Kier alpha value is 0.280. The van der Waals surface area contributed by atoms with Gasteiger partial charge in [0.25, 0.3) is 0 Å². The number of nitrogens with zero attached hydrogens (tertiary/aromatic N) is 1. The fraction of sp³-hybridized carbons (Fsp3) is 0.917. The Bertz CT molecular complexity index is 302. The molecule has 0 radical (unpaired) electrons. The van der Waals surface area contributed by atoms with Crippen molar-refractivity contribution in [2.45, 2.75) is 25.5 Å². The van der Waals surface area contributed by atoms with Gasteiger partial charge < -0.3 is 10.1 Å². The number of carbonyl (C=O) groups excluding carboxylic acids is 1. The molecule has 0 spiro atoms. The monoisotopic (exact) mass is 345 g/mol. The highest BCUT2D eigenvalue weighted by Crippen LogP contribution is 2.15. The number of carbonyl (C=O) groups is 1. The van der Waals surface area contributed by atoms with Crippen LogP contribution in [0.4, 0.5) is 0 Å². The molecule has 2 aliphatic heterocycles. The summed E-state index contributed by atoms with van der Waals surface area (Å²) in [5.41, 5.74) is -0.0636. The zero-order chi connectivity index (χ0) is 13.0. The van der Waals surface area contributed by atoms with E-state index in [1.807, 2.05) is 0 Å². The summed E-state index contributed by atoms with van der Waals surface area (Å²) in [6.45, 7) is 8.50. The van der Waals surface area contributed by atoms with Crippen LogP contribution >= 0.6 is 36.6 Å². The Morgan fingerprint density at radius 1 is 1.50 bits per heavy atom. The number of amides is 1. The molecule has 1 unspecified atom stereocenters. The predicted molar refractivity (Wildman–Crippen MR) is 88.2 cm³/mol. The molecule has 8 heteroatoms. The van der Waals surface area contributed by atoms with E-state index < -0.39 is 0 Å². The molecule has 2 heterocycles. The normalized spacial score (nSPS) is 25.4. The van der Waals surface area contributed by atoms with Gasteiger partial charge in [0.2, 0.25) is 5.91 Å². The summed E-state index contributed by atoms with van der Waals surface area (Å²) in [6.07, 6.45) is 0. The topological polar surface area (TPSA) is 53.6 Å². The molecule has 2 rings (SSSR count). The summed E-state index contributed by atoms with van der Waals surface area (Å²) in [5, 5.41) is 6.18. The first kappa shape index (κ1) is 20.3. The van der Waals surface area contributed by atoms with Gasteiger partial charge in [-0.3, -0.25) is 15.0 Å². The van der Waals surface area contributed by atoms with Gasteiger partial charge >= 0.3 is 0 Å². The molecule has 5 nitrogen and oxygen atoms in total. The van der Waals surface area contributed by atoms with Crippen molar-refractivity contribution in [3.8, 4) is 0 Å². The maximum atomic E-state index is 11.8. The van der Waals surface area contributed by atoms with Crippen molar-refractivity contribution in [3.63, 3.8) is 0 Å². The van der Waals surface area contributed by atoms with Crippen LogP contribution in [-0.4, -0.2) is 66.9 Å². The SMILES string of the molecule is CC1(C)CN(CCNC(=O)C2CSCN2)CCO1.Cl.Cl. The van der Waals surface area contributed by atoms with E-state index in [4.69, 9.17) is 4.74 Å². The van der Waals surface area contributed by atoms with Gasteiger partial charge in [0.05, 0.1) is 18.2 Å². The smallest absolute Gasteiger partial charge is 0.238 e. The molecule has 20 heavy (non-hydrogen) atoms. The molecule has 120 valence electrons. The van der Waals surface area contributed by atoms with Crippen LogP contribution in [0.25, 0.3) is 0 Å². The molecule has 0 aromatic carbocycles. The molecule has 0 aromatic heterocycles. The second-order valence-corrected chi connectivity index (χ2v) is 6.48. The minimum absolute atomic E-state index is 0. The summed E-state index contributed by atoms with van der Waals surface area (Å²) in [4.78, 5) is 14.1. The molecule has 1 atom stereocenters. The van der Waals surface area contributed by atoms with E-state index in [9.17, 15) is 4.79 Å². The lowest BCUT2D eigenvalue weighted by molar-refractivity contribution is -0.122. The third kappa shape index (κ3) is 6.37. The van der Waals surface area contributed by atoms with Crippen molar-refractivity contribution < 1.29 is 9.53 Å². The second-order valence-electron chi connectivity index (χ2n) is 5.45. The van der Waals surface area contributed by atoms with E-state index >= 15 is 0 Å². The number of ether oxygens (including phenoxy) is 1. The van der Waals surface area contributed by atoms with Gasteiger partial charge in [-0.25, -0.2) is 0 Å². The average molecular weight is 346 g/mol. The first-order valence-electron chi connectivity index (χ1n) is 6.52. The molecule has 0 bridgehead atoms. The van der Waals surface area contributed by atoms with Crippen LogP contribution in [0.1, 0.15) is 13.8 Å². The summed E-state index contributed by atoms with van der Waals surface area (Å²) in [5.74, 6) is 1.90. The zero-order valence-corrected chi connectivity index (χ0v) is 14.5. The highest BCUT2D eigenvalue weighted by atomic mass is 35.5. The van der Waals surface area contributed by atoms with Crippen molar-refractivity contribution >= 4 is 42.5 Å². The number of thioether (sulfide) groups is 1. The largest absolute Gasteiger partial charge is 0.373 e. The van der Waals surface area contributed by atoms with E-state index in [0.717, 1.165) is 44.4 Å². The molecule has 2 saturated heterocycles. The highest BCUT2D eigenvalue weighted by molar-refractivity contribution is 7.99. The Kier molecular flexibility index (Phi) is 9.46. The van der Waals surface area contributed by atoms with Crippen molar-refractivity contribution in [3.05, 3.63) is 0 Å². The molecule has 2 N–H and O–H groups in total. The van der Waals surface area contributed by atoms with E-state index in [2.05, 4.69) is 29.4 Å². The van der Waals surface area contributed by atoms with E-state index in [1.165, 1.54) is 0 Å². The van der Waals surface area contributed by atoms with Gasteiger partial charge in [0.15, 0.2) is 0 Å². The Labute approximate surface area is 137 Å². The minimum Gasteiger partial charge on any atom is -0.373 e. The number of nitrogens with one attached hydrogen (secondary N) is 2. The number of halogens is 2. The zero-order valence-electron chi connectivity index (χ0n) is 12.0. The van der Waals surface area contributed by atoms with Crippen molar-refractivity contribution in [2.24, 2.45) is 0 Å². The molecule has 2 fully saturated rings. The quantitative estimate of drug-likeness (QED) is 0.786. The van der Waals surface area contributed by atoms with Crippen LogP contribution < -0.4 is 10.6 Å². The molecule has 0 aliphatic carbocycles. The molecule has 0 aromatic rings. The Morgan fingerprint density at radius 2 is 2.25 bits per heavy atom. The highest BCUT2D eigenvalue weighted by Gasteiger charge is 2.27. The number of hydrogen-bond acceptors (Lipinski definition) is 5. The Morgan fingerprint density at radius 3 is 2.85 bits per heavy atom. The summed E-state index contributed by atoms with van der Waals surface area (Å²) >= 11 is 1.77. The maximum absolute atomic E-state index is 11.8. The standard InChI is InChI=1S/C12H23N3O2S.2ClH/c1-12(2)8-15(5-6-17-12)4-3-13-11(16)10-7-18-9-14-10;;/h10,14H,3-9H2,1-2H3,(H,13,16);2*1H. The van der Waals surface area contributed by atoms with Crippen molar-refractivity contribution in [2.75, 3.05) is 44.4 Å². The first-order chi connectivity index (χ1) is 8.57. The second kappa shape index (κ2) is 9.33. The van der Waals surface area contributed by atoms with Crippen molar-refractivity contribution in [1.29, 1.82) is 0 Å². The van der Waals surface area contributed by atoms with E-state index in [0.29, 0.717) is 0 Å². The molecule has 0 saturated carbocycles. The van der Waals surface area contributed by atoms with Crippen LogP contribution in [0.3, 0.4) is 0 Å². The third-order valence-corrected chi connectivity index (χ3v) is 4.20. The molecule has 1 amide bonds. The van der Waals surface area contributed by atoms with Gasteiger partial charge in [-0.15, -0.1) is 36.6 Å². The van der Waals surface area contributed by atoms with Gasteiger partial charge in [-0.1, -0.05) is 0 Å². The number of hydrogen-bond donors (Lipinski definition) is 2. The van der Waals surface area contributed by atoms with Crippen LogP contribution in [-0.2, 0) is 9.53 Å². The number of morpholine rings is 1. The minimum atomic E-state index is -0.0636. The predicted octanol–water partition coefficient (Wildman–Crippen LogP) is 0.720. The summed E-state index contributed by atoms with van der Waals surface area (Å²) < 4.78 is 5.66.